The maximum absolute atomic E-state index is 2.41. The van der Waals surface area contributed by atoms with Gasteiger partial charge in [0.2, 0.25) is 0 Å². The Balaban J connectivity index is 1.69. The van der Waals surface area contributed by atoms with Crippen LogP contribution in [0.1, 0.15) is 13.3 Å². The number of hydrogen-bond donors (Lipinski definition) is 0. The van der Waals surface area contributed by atoms with E-state index in [-0.39, 0.29) is 0 Å². The zero-order chi connectivity index (χ0) is 6.27. The van der Waals surface area contributed by atoms with Gasteiger partial charge >= 0.3 is 0 Å². The average molecular weight is 160 g/mol. The van der Waals surface area contributed by atoms with Crippen LogP contribution >= 0.6 is 23.5 Å². The summed E-state index contributed by atoms with van der Waals surface area (Å²) in [6.07, 6.45) is 1.49. The van der Waals surface area contributed by atoms with Crippen LogP contribution in [0.15, 0.2) is 0 Å². The summed E-state index contributed by atoms with van der Waals surface area (Å²) in [6, 6.07) is 0. The summed E-state index contributed by atoms with van der Waals surface area (Å²) in [4.78, 5) is 0. The van der Waals surface area contributed by atoms with E-state index in [4.69, 9.17) is 0 Å². The second kappa shape index (κ2) is 2.39. The minimum atomic E-state index is 1.01. The molecule has 2 fully saturated rings. The van der Waals surface area contributed by atoms with Crippen molar-refractivity contribution < 1.29 is 0 Å². The number of hydrogen-bond acceptors (Lipinski definition) is 2. The quantitative estimate of drug-likeness (QED) is 0.581. The van der Waals surface area contributed by atoms with Gasteiger partial charge in [-0.25, -0.2) is 0 Å². The molecule has 2 heterocycles. The second-order valence-corrected chi connectivity index (χ2v) is 5.65. The van der Waals surface area contributed by atoms with Gasteiger partial charge in [0.15, 0.2) is 0 Å². The predicted octanol–water partition coefficient (Wildman–Crippen LogP) is 2.24. The summed E-state index contributed by atoms with van der Waals surface area (Å²) in [5.74, 6) is 3.90. The topological polar surface area (TPSA) is 0 Å². The van der Waals surface area contributed by atoms with Crippen molar-refractivity contribution in [2.24, 2.45) is 5.92 Å². The molecular formula is C7H12S2. The first-order valence-electron chi connectivity index (χ1n) is 3.59. The van der Waals surface area contributed by atoms with Gasteiger partial charge in [-0.15, -0.1) is 0 Å². The third-order valence-corrected chi connectivity index (χ3v) is 4.21. The Bertz CT molecular complexity index is 105. The van der Waals surface area contributed by atoms with Gasteiger partial charge in [-0.3, -0.25) is 0 Å². The van der Waals surface area contributed by atoms with E-state index in [1.165, 1.54) is 17.9 Å². The highest BCUT2D eigenvalue weighted by Crippen LogP contribution is 2.43. The van der Waals surface area contributed by atoms with Crippen molar-refractivity contribution in [3.8, 4) is 0 Å². The molecule has 0 spiro atoms. The largest absolute Gasteiger partial charge is 0.157 e. The standard InChI is InChI=1S/C7H12S2/c1-5(7-4-9-7)2-6-3-8-6/h5-7H,2-4H2,1H3. The smallest absolute Gasteiger partial charge is 0.0164 e. The van der Waals surface area contributed by atoms with Crippen molar-refractivity contribution in [3.63, 3.8) is 0 Å². The monoisotopic (exact) mass is 160 g/mol. The van der Waals surface area contributed by atoms with Gasteiger partial charge in [0.1, 0.15) is 0 Å². The first-order valence-corrected chi connectivity index (χ1v) is 5.69. The normalized spacial score (nSPS) is 42.3. The molecule has 0 nitrogen and oxygen atoms in total. The van der Waals surface area contributed by atoms with Crippen LogP contribution in [0.2, 0.25) is 0 Å². The molecule has 0 N–H and O–H groups in total. The zero-order valence-corrected chi connectivity index (χ0v) is 7.30. The van der Waals surface area contributed by atoms with Crippen molar-refractivity contribution in [2.75, 3.05) is 11.5 Å². The van der Waals surface area contributed by atoms with E-state index in [2.05, 4.69) is 30.4 Å². The molecule has 9 heavy (non-hydrogen) atoms. The summed E-state index contributed by atoms with van der Waals surface area (Å²) in [5, 5.41) is 2.10. The molecule has 0 aliphatic carbocycles. The van der Waals surface area contributed by atoms with Crippen LogP contribution in [0.3, 0.4) is 0 Å². The van der Waals surface area contributed by atoms with Crippen LogP contribution < -0.4 is 0 Å². The van der Waals surface area contributed by atoms with Crippen LogP contribution in [0, 0.1) is 5.92 Å². The summed E-state index contributed by atoms with van der Waals surface area (Å²) in [6.45, 7) is 2.41. The highest BCUT2D eigenvalue weighted by atomic mass is 32.2. The molecule has 0 saturated carbocycles. The van der Waals surface area contributed by atoms with E-state index in [1.807, 2.05) is 0 Å². The summed E-state index contributed by atoms with van der Waals surface area (Å²) in [5.41, 5.74) is 0. The fourth-order valence-corrected chi connectivity index (χ4v) is 2.75. The van der Waals surface area contributed by atoms with Gasteiger partial charge in [0.05, 0.1) is 0 Å². The fourth-order valence-electron chi connectivity index (χ4n) is 1.15. The lowest BCUT2D eigenvalue weighted by atomic mass is 10.0. The molecule has 3 unspecified atom stereocenters. The molecule has 0 aromatic heterocycles. The molecule has 0 radical (unpaired) electrons. The molecule has 2 aliphatic heterocycles. The van der Waals surface area contributed by atoms with Crippen LogP contribution in [-0.4, -0.2) is 22.0 Å². The van der Waals surface area contributed by atoms with E-state index in [0.29, 0.717) is 0 Å². The SMILES string of the molecule is CC(CC1CS1)C1CS1. The highest BCUT2D eigenvalue weighted by Gasteiger charge is 2.33. The molecule has 2 rings (SSSR count). The van der Waals surface area contributed by atoms with Crippen molar-refractivity contribution in [1.82, 2.24) is 0 Å². The van der Waals surface area contributed by atoms with E-state index >= 15 is 0 Å². The van der Waals surface area contributed by atoms with E-state index in [0.717, 1.165) is 16.4 Å². The lowest BCUT2D eigenvalue weighted by Crippen LogP contribution is -2.04. The zero-order valence-electron chi connectivity index (χ0n) is 5.67. The first kappa shape index (κ1) is 6.41. The molecule has 0 aromatic carbocycles. The van der Waals surface area contributed by atoms with Crippen molar-refractivity contribution in [2.45, 2.75) is 23.8 Å². The van der Waals surface area contributed by atoms with Crippen LogP contribution in [-0.2, 0) is 0 Å². The first-order chi connectivity index (χ1) is 4.36. The van der Waals surface area contributed by atoms with Crippen molar-refractivity contribution >= 4 is 23.5 Å². The van der Waals surface area contributed by atoms with E-state index < -0.39 is 0 Å². The highest BCUT2D eigenvalue weighted by molar-refractivity contribution is 8.07. The maximum atomic E-state index is 2.41. The minimum absolute atomic E-state index is 1.01. The van der Waals surface area contributed by atoms with Gasteiger partial charge in [0.25, 0.3) is 0 Å². The third-order valence-electron chi connectivity index (χ3n) is 2.03. The van der Waals surface area contributed by atoms with Gasteiger partial charge < -0.3 is 0 Å². The van der Waals surface area contributed by atoms with Crippen molar-refractivity contribution in [1.29, 1.82) is 0 Å². The Morgan fingerprint density at radius 3 is 2.56 bits per heavy atom. The molecule has 0 aromatic rings. The lowest BCUT2D eigenvalue weighted by Gasteiger charge is -2.04. The number of rotatable bonds is 3. The molecule has 52 valence electrons. The molecule has 2 heteroatoms. The summed E-state index contributed by atoms with van der Waals surface area (Å²) in [7, 11) is 0. The Morgan fingerprint density at radius 1 is 1.44 bits per heavy atom. The molecule has 3 atom stereocenters. The van der Waals surface area contributed by atoms with Gasteiger partial charge in [-0.05, 0) is 12.3 Å². The molecule has 0 bridgehead atoms. The van der Waals surface area contributed by atoms with Crippen LogP contribution in [0.5, 0.6) is 0 Å². The predicted molar refractivity (Wildman–Crippen MR) is 46.3 cm³/mol. The number of thioether (sulfide) groups is 2. The maximum Gasteiger partial charge on any atom is 0.0164 e. The van der Waals surface area contributed by atoms with E-state index in [9.17, 15) is 0 Å². The Labute approximate surface area is 65.2 Å². The molecule has 2 aliphatic rings. The lowest BCUT2D eigenvalue weighted by molar-refractivity contribution is 0.567. The summed E-state index contributed by atoms with van der Waals surface area (Å²) < 4.78 is 0. The molecule has 2 saturated heterocycles. The van der Waals surface area contributed by atoms with Crippen molar-refractivity contribution in [3.05, 3.63) is 0 Å². The summed E-state index contributed by atoms with van der Waals surface area (Å²) >= 11 is 4.27. The Hall–Kier alpha value is 0.700. The minimum Gasteiger partial charge on any atom is -0.157 e. The van der Waals surface area contributed by atoms with E-state index in [1.54, 1.807) is 0 Å². The Morgan fingerprint density at radius 2 is 2.11 bits per heavy atom. The average Bonchev–Trinajstić information content (AvgIpc) is 2.62. The molecule has 0 amide bonds. The van der Waals surface area contributed by atoms with Crippen LogP contribution in [0.4, 0.5) is 0 Å². The fraction of sp³-hybridized carbons (Fsp3) is 1.00. The van der Waals surface area contributed by atoms with Crippen LogP contribution in [0.25, 0.3) is 0 Å². The Kier molecular flexibility index (Phi) is 1.70. The van der Waals surface area contributed by atoms with Gasteiger partial charge in [0, 0.05) is 22.0 Å². The van der Waals surface area contributed by atoms with Gasteiger partial charge in [-0.1, -0.05) is 6.92 Å². The third kappa shape index (κ3) is 1.81. The second-order valence-electron chi connectivity index (χ2n) is 3.04. The van der Waals surface area contributed by atoms with Gasteiger partial charge in [-0.2, -0.15) is 23.5 Å². The molecular weight excluding hydrogens is 148 g/mol.